The molecule has 5 aliphatic heterocycles. The van der Waals surface area contributed by atoms with Gasteiger partial charge in [0.05, 0.1) is 94.2 Å². The first-order chi connectivity index (χ1) is 35.1. The molecule has 0 saturated carbocycles. The molecule has 3 aromatic carbocycles. The molecule has 9 rings (SSSR count). The zero-order valence-electron chi connectivity index (χ0n) is 40.3. The summed E-state index contributed by atoms with van der Waals surface area (Å²) in [5.41, 5.74) is 3.89. The van der Waals surface area contributed by atoms with Crippen LogP contribution in [0.1, 0.15) is 57.7 Å². The van der Waals surface area contributed by atoms with E-state index in [0.29, 0.717) is 91.1 Å². The molecule has 3 saturated heterocycles. The lowest BCUT2D eigenvalue weighted by atomic mass is 10.0. The van der Waals surface area contributed by atoms with Crippen molar-refractivity contribution in [2.45, 2.75) is 62.9 Å². The second kappa shape index (κ2) is 23.1. The first kappa shape index (κ1) is 50.0. The summed E-state index contributed by atoms with van der Waals surface area (Å²) in [6.45, 7) is 6.44. The number of likely N-dealkylation sites (N-methyl/N-ethyl adjacent to an activating group) is 1. The zero-order chi connectivity index (χ0) is 50.1. The van der Waals surface area contributed by atoms with Gasteiger partial charge in [-0.3, -0.25) is 34.3 Å². The van der Waals surface area contributed by atoms with Gasteiger partial charge in [-0.05, 0) is 49.9 Å². The van der Waals surface area contributed by atoms with Crippen molar-refractivity contribution in [1.82, 2.24) is 30.0 Å². The van der Waals surface area contributed by atoms with E-state index in [1.807, 2.05) is 13.1 Å². The lowest BCUT2D eigenvalue weighted by molar-refractivity contribution is -0.136. The maximum atomic E-state index is 13.3. The number of aromatic nitrogens is 2. The fourth-order valence-electron chi connectivity index (χ4n) is 10.2. The number of nitrogens with zero attached hydrogens (tertiary/aromatic N) is 8. The molecule has 5 aliphatic rings. The van der Waals surface area contributed by atoms with E-state index in [1.165, 1.54) is 10.3 Å². The van der Waals surface area contributed by atoms with Gasteiger partial charge in [0.15, 0.2) is 0 Å². The Balaban J connectivity index is 0.687. The van der Waals surface area contributed by atoms with E-state index in [9.17, 15) is 34.3 Å². The maximum absolute atomic E-state index is 13.3. The third-order valence-corrected chi connectivity index (χ3v) is 13.9. The second-order valence-electron chi connectivity index (χ2n) is 18.4. The summed E-state index contributed by atoms with van der Waals surface area (Å²) < 4.78 is 29.7. The standard InChI is InChI=1S/C51H60N10O11/c1-57-30-36(71-27-26-70-25-24-69-23-22-68-21-17-53-40-10-5-9-39-45(40)49(65)61(48(39)64)43-12-13-44(62)55-47(43)63)28-35(57)32-72-50-54-41-31-58(42-11-4-7-33-6-2-3-8-37(33)42)18-15-38(41)46(56-50)59-19-20-60(51(66)67)34(29-59)14-16-52/h2-11,34-36,43,53H,12-15,17-32H2,1H3,(H,66,67)(H,55,62,63)/t34-,35-,36+,43?/m0/s1. The number of amides is 5. The van der Waals surface area contributed by atoms with Crippen LogP contribution >= 0.6 is 0 Å². The van der Waals surface area contributed by atoms with Gasteiger partial charge in [-0.1, -0.05) is 42.5 Å². The molecule has 3 N–H and O–H groups in total. The average molecular weight is 989 g/mol. The van der Waals surface area contributed by atoms with E-state index in [0.717, 1.165) is 52.6 Å². The summed E-state index contributed by atoms with van der Waals surface area (Å²) in [6.07, 6.45) is 0.638. The number of carboxylic acid groups (broad SMARTS) is 1. The molecule has 4 atom stereocenters. The van der Waals surface area contributed by atoms with Crippen LogP contribution < -0.4 is 25.2 Å². The molecule has 0 spiro atoms. The highest BCUT2D eigenvalue weighted by Crippen LogP contribution is 2.36. The Labute approximate surface area is 416 Å². The SMILES string of the molecule is CN1C[C@H](OCCOCCOCCOCCNc2cccc3c2C(=O)N(C2CCC(=O)NC2=O)C3=O)C[C@H]1COc1nc2c(c(N3CCN(C(=O)O)[C@@H](CC#N)C3)n1)CCN(c1cccc3ccccc13)C2. The van der Waals surface area contributed by atoms with Gasteiger partial charge >= 0.3 is 12.1 Å². The van der Waals surface area contributed by atoms with Crippen LogP contribution in [0.5, 0.6) is 6.01 Å². The van der Waals surface area contributed by atoms with Crippen molar-refractivity contribution in [2.24, 2.45) is 0 Å². The van der Waals surface area contributed by atoms with Gasteiger partial charge in [0.1, 0.15) is 18.5 Å². The largest absolute Gasteiger partial charge is 0.465 e. The quantitative estimate of drug-likeness (QED) is 0.0801. The molecule has 0 bridgehead atoms. The number of piperidine rings is 1. The van der Waals surface area contributed by atoms with Gasteiger partial charge in [0, 0.05) is 74.1 Å². The number of carbonyl (C=O) groups is 5. The van der Waals surface area contributed by atoms with Crippen molar-refractivity contribution in [3.8, 4) is 12.1 Å². The summed E-state index contributed by atoms with van der Waals surface area (Å²) in [4.78, 5) is 81.4. The van der Waals surface area contributed by atoms with Gasteiger partial charge in [-0.25, -0.2) is 4.79 Å². The monoisotopic (exact) mass is 988 g/mol. The van der Waals surface area contributed by atoms with E-state index in [2.05, 4.69) is 67.8 Å². The highest BCUT2D eigenvalue weighted by Gasteiger charge is 2.46. The van der Waals surface area contributed by atoms with Crippen LogP contribution in [0.15, 0.2) is 60.7 Å². The number of anilines is 3. The number of nitrogens with one attached hydrogen (secondary N) is 2. The number of nitriles is 1. The first-order valence-electron chi connectivity index (χ1n) is 24.6. The van der Waals surface area contributed by atoms with E-state index in [-0.39, 0.29) is 55.1 Å². The second-order valence-corrected chi connectivity index (χ2v) is 18.4. The van der Waals surface area contributed by atoms with Gasteiger partial charge in [-0.2, -0.15) is 15.2 Å². The number of piperazine rings is 1. The molecular formula is C51H60N10O11. The topological polar surface area (TPSA) is 242 Å². The highest BCUT2D eigenvalue weighted by molar-refractivity contribution is 6.25. The highest BCUT2D eigenvalue weighted by atomic mass is 16.6. The number of hydrogen-bond acceptors (Lipinski definition) is 17. The van der Waals surface area contributed by atoms with Gasteiger partial charge in [0.25, 0.3) is 11.8 Å². The van der Waals surface area contributed by atoms with Crippen molar-refractivity contribution in [3.05, 3.63) is 83.0 Å². The van der Waals surface area contributed by atoms with Crippen LogP contribution in [-0.2, 0) is 41.5 Å². The van der Waals surface area contributed by atoms with Gasteiger partial charge in [-0.15, -0.1) is 0 Å². The van der Waals surface area contributed by atoms with Crippen molar-refractivity contribution in [1.29, 1.82) is 5.26 Å². The molecule has 3 fully saturated rings. The molecule has 0 radical (unpaired) electrons. The van der Waals surface area contributed by atoms with Crippen LogP contribution in [0.25, 0.3) is 10.8 Å². The minimum absolute atomic E-state index is 0.00901. The Morgan fingerprint density at radius 1 is 0.847 bits per heavy atom. The maximum Gasteiger partial charge on any atom is 0.407 e. The molecule has 5 amide bonds. The number of benzene rings is 3. The van der Waals surface area contributed by atoms with E-state index in [4.69, 9.17) is 33.7 Å². The van der Waals surface area contributed by atoms with Crippen LogP contribution in [0, 0.1) is 11.3 Å². The van der Waals surface area contributed by atoms with Crippen LogP contribution in [-0.4, -0.2) is 183 Å². The summed E-state index contributed by atoms with van der Waals surface area (Å²) in [5.74, 6) is -1.47. The molecule has 21 nitrogen and oxygen atoms in total. The lowest BCUT2D eigenvalue weighted by Gasteiger charge is -2.41. The Kier molecular flexibility index (Phi) is 16.0. The normalized spacial score (nSPS) is 21.2. The van der Waals surface area contributed by atoms with Gasteiger partial charge < -0.3 is 48.8 Å². The zero-order valence-corrected chi connectivity index (χ0v) is 40.3. The Hall–Kier alpha value is -6.96. The number of imide groups is 2. The van der Waals surface area contributed by atoms with Crippen LogP contribution in [0.3, 0.4) is 0 Å². The molecule has 0 aliphatic carbocycles. The van der Waals surface area contributed by atoms with Crippen molar-refractivity contribution in [3.63, 3.8) is 0 Å². The molecule has 6 heterocycles. The summed E-state index contributed by atoms with van der Waals surface area (Å²) in [6, 6.07) is 20.6. The van der Waals surface area contributed by atoms with Gasteiger partial charge in [0.2, 0.25) is 11.8 Å². The molecule has 4 aromatic rings. The van der Waals surface area contributed by atoms with Crippen molar-refractivity contribution in [2.75, 3.05) is 114 Å². The van der Waals surface area contributed by atoms with E-state index >= 15 is 0 Å². The predicted octanol–water partition coefficient (Wildman–Crippen LogP) is 3.31. The number of hydrogen-bond donors (Lipinski definition) is 3. The molecular weight excluding hydrogens is 929 g/mol. The first-order valence-corrected chi connectivity index (χ1v) is 24.6. The molecule has 21 heteroatoms. The summed E-state index contributed by atoms with van der Waals surface area (Å²) >= 11 is 0. The van der Waals surface area contributed by atoms with E-state index in [1.54, 1.807) is 18.2 Å². The summed E-state index contributed by atoms with van der Waals surface area (Å²) in [5, 5.41) is 27.1. The Bertz CT molecular complexity index is 2700. The number of fused-ring (bicyclic) bond motifs is 3. The van der Waals surface area contributed by atoms with Crippen molar-refractivity contribution < 1.29 is 52.8 Å². The number of ether oxygens (including phenoxy) is 5. The molecule has 1 unspecified atom stereocenters. The minimum Gasteiger partial charge on any atom is -0.465 e. The third-order valence-electron chi connectivity index (χ3n) is 13.9. The fraction of sp³-hybridized carbons (Fsp3) is 0.490. The molecule has 1 aromatic heterocycles. The Morgan fingerprint density at radius 2 is 1.61 bits per heavy atom. The smallest absolute Gasteiger partial charge is 0.407 e. The lowest BCUT2D eigenvalue weighted by Crippen LogP contribution is -2.55. The van der Waals surface area contributed by atoms with E-state index < -0.39 is 41.8 Å². The molecule has 72 heavy (non-hydrogen) atoms. The van der Waals surface area contributed by atoms with Crippen LogP contribution in [0.2, 0.25) is 0 Å². The van der Waals surface area contributed by atoms with Crippen LogP contribution in [0.4, 0.5) is 22.0 Å². The minimum atomic E-state index is -1.03. The Morgan fingerprint density at radius 3 is 2.40 bits per heavy atom. The predicted molar refractivity (Wildman–Crippen MR) is 262 cm³/mol. The summed E-state index contributed by atoms with van der Waals surface area (Å²) in [7, 11) is 2.05. The van der Waals surface area contributed by atoms with Crippen molar-refractivity contribution >= 4 is 57.7 Å². The molecule has 380 valence electrons. The number of rotatable bonds is 21. The third kappa shape index (κ3) is 11.2. The average Bonchev–Trinajstić information content (AvgIpc) is 3.87. The number of likely N-dealkylation sites (tertiary alicyclic amines) is 1. The fourth-order valence-corrected chi connectivity index (χ4v) is 10.2. The number of carbonyl (C=O) groups excluding carboxylic acids is 4.